The standard InChI is InChI=1S/C11H9F3O3/c1-2-5-10(15)16-8-6-3-4-7-9(8)17-11(12,13)14/h2-7H,1H3/b5-2+. The van der Waals surface area contributed by atoms with E-state index in [9.17, 15) is 18.0 Å². The Morgan fingerprint density at radius 1 is 1.24 bits per heavy atom. The molecule has 0 heterocycles. The maximum atomic E-state index is 12.0. The molecule has 0 saturated heterocycles. The third-order valence-electron chi connectivity index (χ3n) is 1.59. The highest BCUT2D eigenvalue weighted by molar-refractivity contribution is 5.84. The average Bonchev–Trinajstić information content (AvgIpc) is 2.19. The molecule has 0 atom stereocenters. The Morgan fingerprint density at radius 3 is 2.35 bits per heavy atom. The molecule has 0 spiro atoms. The number of esters is 1. The van der Waals surface area contributed by atoms with Crippen molar-refractivity contribution in [2.75, 3.05) is 0 Å². The van der Waals surface area contributed by atoms with E-state index in [1.54, 1.807) is 6.92 Å². The van der Waals surface area contributed by atoms with Crippen LogP contribution in [0.1, 0.15) is 6.92 Å². The van der Waals surface area contributed by atoms with Crippen LogP contribution in [0.5, 0.6) is 11.5 Å². The molecular formula is C11H9F3O3. The Balaban J connectivity index is 2.88. The maximum absolute atomic E-state index is 12.0. The van der Waals surface area contributed by atoms with Crippen molar-refractivity contribution in [3.63, 3.8) is 0 Å². The fourth-order valence-electron chi connectivity index (χ4n) is 1.02. The van der Waals surface area contributed by atoms with E-state index in [4.69, 9.17) is 0 Å². The lowest BCUT2D eigenvalue weighted by atomic mass is 10.3. The van der Waals surface area contributed by atoms with Gasteiger partial charge in [-0.25, -0.2) is 4.79 Å². The van der Waals surface area contributed by atoms with E-state index < -0.39 is 18.1 Å². The first-order chi connectivity index (χ1) is 7.92. The van der Waals surface area contributed by atoms with Gasteiger partial charge >= 0.3 is 12.3 Å². The molecule has 0 aliphatic carbocycles. The molecule has 3 nitrogen and oxygen atoms in total. The Kier molecular flexibility index (Phi) is 4.14. The zero-order valence-corrected chi connectivity index (χ0v) is 8.82. The van der Waals surface area contributed by atoms with E-state index >= 15 is 0 Å². The molecule has 0 N–H and O–H groups in total. The number of ether oxygens (including phenoxy) is 2. The highest BCUT2D eigenvalue weighted by Crippen LogP contribution is 2.31. The minimum Gasteiger partial charge on any atom is -0.419 e. The van der Waals surface area contributed by atoms with Crippen LogP contribution < -0.4 is 9.47 Å². The van der Waals surface area contributed by atoms with Crippen molar-refractivity contribution in [2.45, 2.75) is 13.3 Å². The van der Waals surface area contributed by atoms with Crippen LogP contribution in [-0.4, -0.2) is 12.3 Å². The number of para-hydroxylation sites is 2. The van der Waals surface area contributed by atoms with Gasteiger partial charge in [0, 0.05) is 6.08 Å². The number of hydrogen-bond donors (Lipinski definition) is 0. The van der Waals surface area contributed by atoms with Gasteiger partial charge in [-0.1, -0.05) is 18.2 Å². The zero-order valence-electron chi connectivity index (χ0n) is 8.82. The number of hydrogen-bond acceptors (Lipinski definition) is 3. The Morgan fingerprint density at radius 2 is 1.82 bits per heavy atom. The number of allylic oxidation sites excluding steroid dienone is 1. The predicted molar refractivity (Wildman–Crippen MR) is 53.6 cm³/mol. The summed E-state index contributed by atoms with van der Waals surface area (Å²) in [5.41, 5.74) is 0. The van der Waals surface area contributed by atoms with Gasteiger partial charge < -0.3 is 9.47 Å². The largest absolute Gasteiger partial charge is 0.573 e. The third-order valence-corrected chi connectivity index (χ3v) is 1.59. The molecule has 0 fully saturated rings. The summed E-state index contributed by atoms with van der Waals surface area (Å²) >= 11 is 0. The van der Waals surface area contributed by atoms with Crippen LogP contribution in [0, 0.1) is 0 Å². The van der Waals surface area contributed by atoms with E-state index in [1.807, 2.05) is 0 Å². The van der Waals surface area contributed by atoms with Gasteiger partial charge in [-0.05, 0) is 19.1 Å². The number of benzene rings is 1. The first-order valence-electron chi connectivity index (χ1n) is 4.61. The fraction of sp³-hybridized carbons (Fsp3) is 0.182. The van der Waals surface area contributed by atoms with Gasteiger partial charge in [0.05, 0.1) is 0 Å². The number of rotatable bonds is 3. The molecule has 1 aromatic carbocycles. The van der Waals surface area contributed by atoms with Gasteiger partial charge in [0.25, 0.3) is 0 Å². The lowest BCUT2D eigenvalue weighted by molar-refractivity contribution is -0.275. The lowest BCUT2D eigenvalue weighted by Gasteiger charge is -2.12. The highest BCUT2D eigenvalue weighted by Gasteiger charge is 2.32. The molecule has 0 bridgehead atoms. The topological polar surface area (TPSA) is 35.5 Å². The summed E-state index contributed by atoms with van der Waals surface area (Å²) in [6.45, 7) is 1.58. The van der Waals surface area contributed by atoms with Gasteiger partial charge in [0.15, 0.2) is 11.5 Å². The second kappa shape index (κ2) is 5.38. The minimum absolute atomic E-state index is 0.284. The van der Waals surface area contributed by atoms with Crippen molar-refractivity contribution >= 4 is 5.97 Å². The summed E-state index contributed by atoms with van der Waals surface area (Å²) < 4.78 is 44.5. The molecule has 0 aromatic heterocycles. The van der Waals surface area contributed by atoms with Gasteiger partial charge in [-0.15, -0.1) is 13.2 Å². The molecule has 1 aromatic rings. The molecular weight excluding hydrogens is 237 g/mol. The highest BCUT2D eigenvalue weighted by atomic mass is 19.4. The Bertz CT molecular complexity index is 424. The molecule has 0 unspecified atom stereocenters. The summed E-state index contributed by atoms with van der Waals surface area (Å²) in [4.78, 5) is 11.1. The van der Waals surface area contributed by atoms with E-state index in [0.717, 1.165) is 12.1 Å². The van der Waals surface area contributed by atoms with Crippen molar-refractivity contribution in [1.82, 2.24) is 0 Å². The van der Waals surface area contributed by atoms with Gasteiger partial charge in [-0.2, -0.15) is 0 Å². The van der Waals surface area contributed by atoms with Crippen molar-refractivity contribution in [1.29, 1.82) is 0 Å². The minimum atomic E-state index is -4.83. The molecule has 0 amide bonds. The molecule has 92 valence electrons. The average molecular weight is 246 g/mol. The monoisotopic (exact) mass is 246 g/mol. The van der Waals surface area contributed by atoms with E-state index in [1.165, 1.54) is 24.3 Å². The van der Waals surface area contributed by atoms with E-state index in [2.05, 4.69) is 9.47 Å². The second-order valence-electron chi connectivity index (χ2n) is 2.92. The zero-order chi connectivity index (χ0) is 12.9. The Labute approximate surface area is 95.5 Å². The SMILES string of the molecule is C/C=C/C(=O)Oc1ccccc1OC(F)(F)F. The van der Waals surface area contributed by atoms with E-state index in [-0.39, 0.29) is 5.75 Å². The predicted octanol–water partition coefficient (Wildman–Crippen LogP) is 3.07. The first kappa shape index (κ1) is 13.1. The molecule has 1 rings (SSSR count). The van der Waals surface area contributed by atoms with Crippen LogP contribution in [-0.2, 0) is 4.79 Å². The van der Waals surface area contributed by atoms with Crippen LogP contribution >= 0.6 is 0 Å². The van der Waals surface area contributed by atoms with Crippen LogP contribution in [0.2, 0.25) is 0 Å². The van der Waals surface area contributed by atoms with Crippen LogP contribution in [0.4, 0.5) is 13.2 Å². The van der Waals surface area contributed by atoms with Crippen molar-refractivity contribution in [2.24, 2.45) is 0 Å². The normalized spacial score (nSPS) is 11.5. The van der Waals surface area contributed by atoms with Crippen molar-refractivity contribution in [3.05, 3.63) is 36.4 Å². The summed E-state index contributed by atoms with van der Waals surface area (Å²) in [5.74, 6) is -1.61. The Hall–Kier alpha value is -1.98. The van der Waals surface area contributed by atoms with E-state index in [0.29, 0.717) is 0 Å². The number of alkyl halides is 3. The number of halogens is 3. The van der Waals surface area contributed by atoms with Gasteiger partial charge in [0.2, 0.25) is 0 Å². The smallest absolute Gasteiger partial charge is 0.419 e. The number of carbonyl (C=O) groups excluding carboxylic acids is 1. The van der Waals surface area contributed by atoms with Crippen molar-refractivity contribution in [3.8, 4) is 11.5 Å². The summed E-state index contributed by atoms with van der Waals surface area (Å²) in [6.07, 6.45) is -2.33. The first-order valence-corrected chi connectivity index (χ1v) is 4.61. The summed E-state index contributed by atoms with van der Waals surface area (Å²) in [7, 11) is 0. The van der Waals surface area contributed by atoms with Gasteiger partial charge in [-0.3, -0.25) is 0 Å². The summed E-state index contributed by atoms with van der Waals surface area (Å²) in [6, 6.07) is 5.05. The van der Waals surface area contributed by atoms with Crippen LogP contribution in [0.3, 0.4) is 0 Å². The molecule has 17 heavy (non-hydrogen) atoms. The maximum Gasteiger partial charge on any atom is 0.573 e. The molecule has 0 saturated carbocycles. The quantitative estimate of drug-likeness (QED) is 0.467. The second-order valence-corrected chi connectivity index (χ2v) is 2.92. The van der Waals surface area contributed by atoms with Crippen LogP contribution in [0.25, 0.3) is 0 Å². The molecule has 6 heteroatoms. The fourth-order valence-corrected chi connectivity index (χ4v) is 1.02. The molecule has 0 aliphatic heterocycles. The molecule has 0 aliphatic rings. The summed E-state index contributed by atoms with van der Waals surface area (Å²) in [5, 5.41) is 0. The molecule has 0 radical (unpaired) electrons. The van der Waals surface area contributed by atoms with Crippen molar-refractivity contribution < 1.29 is 27.4 Å². The lowest BCUT2D eigenvalue weighted by Crippen LogP contribution is -2.18. The number of carbonyl (C=O) groups is 1. The van der Waals surface area contributed by atoms with Crippen LogP contribution in [0.15, 0.2) is 36.4 Å². The third kappa shape index (κ3) is 4.58. The van der Waals surface area contributed by atoms with Gasteiger partial charge in [0.1, 0.15) is 0 Å².